The number of para-hydroxylation sites is 1. The number of nitrogens with zero attached hydrogens (tertiary/aromatic N) is 1. The summed E-state index contributed by atoms with van der Waals surface area (Å²) < 4.78 is 61.1. The Labute approximate surface area is 126 Å². The van der Waals surface area contributed by atoms with Gasteiger partial charge in [0.1, 0.15) is 6.61 Å². The van der Waals surface area contributed by atoms with Crippen molar-refractivity contribution in [1.29, 1.82) is 0 Å². The molecule has 0 aliphatic carbocycles. The van der Waals surface area contributed by atoms with Crippen molar-refractivity contribution in [2.75, 3.05) is 11.3 Å². The molecule has 0 atom stereocenters. The number of halogens is 3. The quantitative estimate of drug-likeness (QED) is 0.375. The second-order valence-electron chi connectivity index (χ2n) is 4.14. The summed E-state index contributed by atoms with van der Waals surface area (Å²) in [6, 6.07) is 5.60. The molecule has 0 aromatic heterocycles. The van der Waals surface area contributed by atoms with Crippen LogP contribution >= 0.6 is 0 Å². The van der Waals surface area contributed by atoms with Crippen LogP contribution in [-0.4, -0.2) is 26.2 Å². The molecule has 0 unspecified atom stereocenters. The maximum Gasteiger partial charge on any atom is 0.516 e. The van der Waals surface area contributed by atoms with Gasteiger partial charge >= 0.3 is 15.5 Å². The largest absolute Gasteiger partial charge is 0.516 e. The van der Waals surface area contributed by atoms with E-state index < -0.39 is 15.5 Å². The van der Waals surface area contributed by atoms with Gasteiger partial charge < -0.3 is 4.84 Å². The van der Waals surface area contributed by atoms with E-state index >= 15 is 0 Å². The van der Waals surface area contributed by atoms with Crippen molar-refractivity contribution < 1.29 is 26.4 Å². The highest BCUT2D eigenvalue weighted by atomic mass is 32.2. The fourth-order valence-corrected chi connectivity index (χ4v) is 2.00. The fourth-order valence-electron chi connectivity index (χ4n) is 1.41. The Morgan fingerprint density at radius 3 is 2.59 bits per heavy atom. The van der Waals surface area contributed by atoms with E-state index in [4.69, 9.17) is 4.84 Å². The zero-order valence-electron chi connectivity index (χ0n) is 11.9. The van der Waals surface area contributed by atoms with E-state index in [-0.39, 0.29) is 23.6 Å². The van der Waals surface area contributed by atoms with Gasteiger partial charge in [-0.15, -0.1) is 0 Å². The van der Waals surface area contributed by atoms with Crippen molar-refractivity contribution in [3.05, 3.63) is 42.0 Å². The first-order valence-electron chi connectivity index (χ1n) is 6.15. The van der Waals surface area contributed by atoms with Crippen LogP contribution in [0.25, 0.3) is 0 Å². The third kappa shape index (κ3) is 4.76. The minimum absolute atomic E-state index is 0.191. The molecule has 9 heteroatoms. The van der Waals surface area contributed by atoms with Gasteiger partial charge in [0.05, 0.1) is 11.4 Å². The zero-order valence-corrected chi connectivity index (χ0v) is 12.7. The molecule has 0 aliphatic heterocycles. The fraction of sp³-hybridized carbons (Fsp3) is 0.308. The number of hydrogen-bond donors (Lipinski definition) is 1. The number of hydrogen-bond acceptors (Lipinski definition) is 4. The second-order valence-corrected chi connectivity index (χ2v) is 5.81. The van der Waals surface area contributed by atoms with Gasteiger partial charge in [0.15, 0.2) is 0 Å². The predicted molar refractivity (Wildman–Crippen MR) is 78.0 cm³/mol. The van der Waals surface area contributed by atoms with Crippen LogP contribution in [0.5, 0.6) is 0 Å². The average Bonchev–Trinajstić information content (AvgIpc) is 2.42. The highest BCUT2D eigenvalue weighted by Crippen LogP contribution is 2.27. The van der Waals surface area contributed by atoms with E-state index in [1.54, 1.807) is 25.1 Å². The number of benzene rings is 1. The van der Waals surface area contributed by atoms with Gasteiger partial charge in [0.2, 0.25) is 0 Å². The molecule has 1 rings (SSSR count). The summed E-state index contributed by atoms with van der Waals surface area (Å²) in [6.07, 6.45) is 3.44. The van der Waals surface area contributed by atoms with Gasteiger partial charge in [-0.05, 0) is 26.0 Å². The van der Waals surface area contributed by atoms with Crippen LogP contribution in [0.15, 0.2) is 41.6 Å². The summed E-state index contributed by atoms with van der Waals surface area (Å²) in [4.78, 5) is 4.94. The molecule has 0 heterocycles. The van der Waals surface area contributed by atoms with Crippen molar-refractivity contribution in [2.24, 2.45) is 5.16 Å². The van der Waals surface area contributed by atoms with Gasteiger partial charge in [-0.2, -0.15) is 21.6 Å². The molecular weight excluding hydrogens is 321 g/mol. The minimum Gasteiger partial charge on any atom is -0.391 e. The number of alkyl halides is 3. The Morgan fingerprint density at radius 2 is 2.00 bits per heavy atom. The Hall–Kier alpha value is -2.03. The van der Waals surface area contributed by atoms with E-state index in [9.17, 15) is 21.6 Å². The lowest BCUT2D eigenvalue weighted by Gasteiger charge is -2.13. The number of nitrogens with one attached hydrogen (secondary N) is 1. The van der Waals surface area contributed by atoms with E-state index in [2.05, 4.69) is 5.16 Å². The van der Waals surface area contributed by atoms with Crippen LogP contribution in [0.3, 0.4) is 0 Å². The molecule has 1 aromatic carbocycles. The van der Waals surface area contributed by atoms with Gasteiger partial charge in [0, 0.05) is 5.56 Å². The van der Waals surface area contributed by atoms with E-state index in [1.807, 2.05) is 0 Å². The van der Waals surface area contributed by atoms with Crippen molar-refractivity contribution >= 4 is 21.4 Å². The van der Waals surface area contributed by atoms with Crippen LogP contribution in [0.1, 0.15) is 19.4 Å². The zero-order chi connectivity index (χ0) is 16.8. The second kappa shape index (κ2) is 7.30. The van der Waals surface area contributed by atoms with Crippen LogP contribution in [-0.2, 0) is 14.9 Å². The first-order chi connectivity index (χ1) is 10.2. The molecule has 0 aliphatic rings. The number of sulfonamides is 1. The van der Waals surface area contributed by atoms with Gasteiger partial charge in [0.25, 0.3) is 0 Å². The molecule has 0 radical (unpaired) electrons. The van der Waals surface area contributed by atoms with Gasteiger partial charge in [-0.1, -0.05) is 29.4 Å². The van der Waals surface area contributed by atoms with Crippen molar-refractivity contribution in [3.63, 3.8) is 0 Å². The smallest absolute Gasteiger partial charge is 0.391 e. The lowest BCUT2D eigenvalue weighted by molar-refractivity contribution is -0.0429. The van der Waals surface area contributed by atoms with E-state index in [0.717, 1.165) is 0 Å². The highest BCUT2D eigenvalue weighted by Gasteiger charge is 2.46. The topological polar surface area (TPSA) is 67.8 Å². The molecule has 122 valence electrons. The Bertz CT molecular complexity index is 667. The normalized spacial score (nSPS) is 13.4. The number of rotatable bonds is 6. The summed E-state index contributed by atoms with van der Waals surface area (Å²) in [5.41, 5.74) is -5.19. The molecule has 5 nitrogen and oxygen atoms in total. The number of allylic oxidation sites excluding steroid dienone is 1. The molecule has 22 heavy (non-hydrogen) atoms. The Balaban J connectivity index is 3.05. The molecule has 1 N–H and O–H groups in total. The Kier molecular flexibility index (Phi) is 5.98. The molecule has 1 aromatic rings. The molecule has 0 saturated heterocycles. The van der Waals surface area contributed by atoms with Gasteiger partial charge in [-0.3, -0.25) is 4.72 Å². The highest BCUT2D eigenvalue weighted by molar-refractivity contribution is 7.93. The van der Waals surface area contributed by atoms with Crippen molar-refractivity contribution in [3.8, 4) is 0 Å². The third-order valence-corrected chi connectivity index (χ3v) is 3.57. The number of anilines is 1. The van der Waals surface area contributed by atoms with Crippen LogP contribution in [0.4, 0.5) is 18.9 Å². The SMILES string of the molecule is CC=CCON=C(C)c1ccccc1NS(=O)(=O)C(F)(F)F. The summed E-state index contributed by atoms with van der Waals surface area (Å²) in [7, 11) is -5.49. The van der Waals surface area contributed by atoms with E-state index in [1.165, 1.54) is 29.8 Å². The Morgan fingerprint density at radius 1 is 1.36 bits per heavy atom. The minimum atomic E-state index is -5.49. The molecular formula is C13H15F3N2O3S. The summed E-state index contributed by atoms with van der Waals surface area (Å²) in [5.74, 6) is 0. The number of oxime groups is 1. The van der Waals surface area contributed by atoms with Crippen LogP contribution < -0.4 is 4.72 Å². The molecule has 0 amide bonds. The monoisotopic (exact) mass is 336 g/mol. The molecule has 0 fully saturated rings. The predicted octanol–water partition coefficient (Wildman–Crippen LogP) is 3.26. The first-order valence-corrected chi connectivity index (χ1v) is 7.63. The van der Waals surface area contributed by atoms with Crippen LogP contribution in [0.2, 0.25) is 0 Å². The third-order valence-electron chi connectivity index (χ3n) is 2.47. The lowest BCUT2D eigenvalue weighted by atomic mass is 10.1. The summed E-state index contributed by atoms with van der Waals surface area (Å²) >= 11 is 0. The molecule has 0 spiro atoms. The molecule has 0 saturated carbocycles. The maximum atomic E-state index is 12.4. The average molecular weight is 336 g/mol. The van der Waals surface area contributed by atoms with Crippen molar-refractivity contribution in [2.45, 2.75) is 19.4 Å². The standard InChI is InChI=1S/C13H15F3N2O3S/c1-3-4-9-21-17-10(2)11-7-5-6-8-12(11)18-22(19,20)13(14,15)16/h3-8,18H,9H2,1-2H3. The summed E-state index contributed by atoms with van der Waals surface area (Å²) in [6.45, 7) is 3.49. The lowest BCUT2D eigenvalue weighted by Crippen LogP contribution is -2.30. The summed E-state index contributed by atoms with van der Waals surface area (Å²) in [5, 5.41) is 3.73. The maximum absolute atomic E-state index is 12.4. The first kappa shape index (κ1) is 18.0. The molecule has 0 bridgehead atoms. The van der Waals surface area contributed by atoms with Crippen molar-refractivity contribution in [1.82, 2.24) is 0 Å². The van der Waals surface area contributed by atoms with Crippen LogP contribution in [0, 0.1) is 0 Å². The van der Waals surface area contributed by atoms with E-state index in [0.29, 0.717) is 0 Å². The van der Waals surface area contributed by atoms with Gasteiger partial charge in [-0.25, -0.2) is 0 Å².